The van der Waals surface area contributed by atoms with Crippen molar-refractivity contribution in [1.82, 2.24) is 9.97 Å². The van der Waals surface area contributed by atoms with Crippen LogP contribution in [0.4, 0.5) is 0 Å². The summed E-state index contributed by atoms with van der Waals surface area (Å²) in [5, 5.41) is 0. The van der Waals surface area contributed by atoms with Gasteiger partial charge in [-0.3, -0.25) is 4.79 Å². The van der Waals surface area contributed by atoms with Gasteiger partial charge in [-0.05, 0) is 26.2 Å². The standard InChI is InChI=1S/C12H18N2O/c1-3-11-8(2)13-12(14-11)9-4-6-10(15)7-5-9/h9H,3-7H2,1-2H3,(H,13,14). The molecule has 0 radical (unpaired) electrons. The van der Waals surface area contributed by atoms with E-state index >= 15 is 0 Å². The molecule has 1 aliphatic carbocycles. The third kappa shape index (κ3) is 2.11. The van der Waals surface area contributed by atoms with Crippen LogP contribution in [0.2, 0.25) is 0 Å². The minimum atomic E-state index is 0.408. The third-order valence-corrected chi connectivity index (χ3v) is 3.27. The van der Waals surface area contributed by atoms with Crippen LogP contribution in [0, 0.1) is 6.92 Å². The number of hydrogen-bond donors (Lipinski definition) is 1. The van der Waals surface area contributed by atoms with Crippen molar-refractivity contribution in [2.24, 2.45) is 0 Å². The van der Waals surface area contributed by atoms with Gasteiger partial charge in [0, 0.05) is 24.5 Å². The first kappa shape index (κ1) is 10.4. The van der Waals surface area contributed by atoms with Crippen molar-refractivity contribution >= 4 is 5.78 Å². The quantitative estimate of drug-likeness (QED) is 0.808. The number of aryl methyl sites for hydroxylation is 2. The zero-order valence-corrected chi connectivity index (χ0v) is 9.47. The average molecular weight is 206 g/mol. The van der Waals surface area contributed by atoms with E-state index in [0.717, 1.165) is 37.9 Å². The van der Waals surface area contributed by atoms with E-state index in [1.165, 1.54) is 11.4 Å². The van der Waals surface area contributed by atoms with Crippen molar-refractivity contribution in [1.29, 1.82) is 0 Å². The Hall–Kier alpha value is -1.12. The van der Waals surface area contributed by atoms with Crippen LogP contribution in [-0.4, -0.2) is 15.8 Å². The van der Waals surface area contributed by atoms with Crippen molar-refractivity contribution in [2.45, 2.75) is 51.9 Å². The Bertz CT molecular complexity index is 358. The number of nitrogens with one attached hydrogen (secondary N) is 1. The summed E-state index contributed by atoms with van der Waals surface area (Å²) in [7, 11) is 0. The molecule has 0 unspecified atom stereocenters. The van der Waals surface area contributed by atoms with Gasteiger partial charge in [0.05, 0.1) is 5.69 Å². The smallest absolute Gasteiger partial charge is 0.132 e. The van der Waals surface area contributed by atoms with E-state index in [1.54, 1.807) is 0 Å². The van der Waals surface area contributed by atoms with Crippen molar-refractivity contribution in [3.05, 3.63) is 17.2 Å². The third-order valence-electron chi connectivity index (χ3n) is 3.27. The Kier molecular flexibility index (Phi) is 2.89. The second kappa shape index (κ2) is 4.17. The monoisotopic (exact) mass is 206 g/mol. The van der Waals surface area contributed by atoms with Crippen LogP contribution in [0.25, 0.3) is 0 Å². The van der Waals surface area contributed by atoms with E-state index in [4.69, 9.17) is 0 Å². The highest BCUT2D eigenvalue weighted by Crippen LogP contribution is 2.29. The van der Waals surface area contributed by atoms with Crippen LogP contribution in [0.15, 0.2) is 0 Å². The molecule has 0 aliphatic heterocycles. The van der Waals surface area contributed by atoms with Gasteiger partial charge in [-0.15, -0.1) is 0 Å². The minimum Gasteiger partial charge on any atom is -0.346 e. The Labute approximate surface area is 90.3 Å². The van der Waals surface area contributed by atoms with Crippen LogP contribution >= 0.6 is 0 Å². The zero-order valence-electron chi connectivity index (χ0n) is 9.47. The molecule has 1 saturated carbocycles. The number of carbonyl (C=O) groups is 1. The lowest BCUT2D eigenvalue weighted by atomic mass is 9.88. The Morgan fingerprint density at radius 2 is 2.07 bits per heavy atom. The number of carbonyl (C=O) groups excluding carboxylic acids is 1. The summed E-state index contributed by atoms with van der Waals surface area (Å²) in [4.78, 5) is 19.1. The first-order valence-corrected chi connectivity index (χ1v) is 5.77. The highest BCUT2D eigenvalue weighted by Gasteiger charge is 2.22. The van der Waals surface area contributed by atoms with E-state index in [2.05, 4.69) is 23.8 Å². The summed E-state index contributed by atoms with van der Waals surface area (Å²) in [6.07, 6.45) is 4.37. The van der Waals surface area contributed by atoms with Gasteiger partial charge in [0.25, 0.3) is 0 Å². The number of aromatic amines is 1. The maximum atomic E-state index is 11.1. The number of imidazole rings is 1. The largest absolute Gasteiger partial charge is 0.346 e. The van der Waals surface area contributed by atoms with E-state index < -0.39 is 0 Å². The van der Waals surface area contributed by atoms with E-state index in [0.29, 0.717) is 11.7 Å². The van der Waals surface area contributed by atoms with Crippen molar-refractivity contribution in [3.63, 3.8) is 0 Å². The summed E-state index contributed by atoms with van der Waals surface area (Å²) in [5.41, 5.74) is 2.35. The number of Topliss-reactive ketones (excluding diaryl/α,β-unsaturated/α-hetero) is 1. The molecule has 82 valence electrons. The van der Waals surface area contributed by atoms with Gasteiger partial charge in [0.2, 0.25) is 0 Å². The molecule has 1 heterocycles. The molecule has 0 saturated heterocycles. The van der Waals surface area contributed by atoms with Crippen LogP contribution < -0.4 is 0 Å². The molecule has 3 nitrogen and oxygen atoms in total. The van der Waals surface area contributed by atoms with Gasteiger partial charge in [-0.1, -0.05) is 6.92 Å². The summed E-state index contributed by atoms with van der Waals surface area (Å²) >= 11 is 0. The van der Waals surface area contributed by atoms with Gasteiger partial charge in [0.1, 0.15) is 11.6 Å². The molecule has 0 atom stereocenters. The molecule has 1 fully saturated rings. The Morgan fingerprint density at radius 1 is 1.40 bits per heavy atom. The second-order valence-corrected chi connectivity index (χ2v) is 4.36. The van der Waals surface area contributed by atoms with E-state index in [9.17, 15) is 4.79 Å². The minimum absolute atomic E-state index is 0.408. The van der Waals surface area contributed by atoms with Gasteiger partial charge >= 0.3 is 0 Å². The maximum Gasteiger partial charge on any atom is 0.132 e. The lowest BCUT2D eigenvalue weighted by Crippen LogP contribution is -2.13. The molecule has 2 rings (SSSR count). The predicted molar refractivity (Wildman–Crippen MR) is 58.9 cm³/mol. The van der Waals surface area contributed by atoms with Gasteiger partial charge in [-0.2, -0.15) is 0 Å². The SMILES string of the molecule is CCc1nc(C2CCC(=O)CC2)[nH]c1C. The molecular weight excluding hydrogens is 188 g/mol. The van der Waals surface area contributed by atoms with Gasteiger partial charge in [0.15, 0.2) is 0 Å². The van der Waals surface area contributed by atoms with Crippen LogP contribution in [0.1, 0.15) is 55.7 Å². The van der Waals surface area contributed by atoms with E-state index in [-0.39, 0.29) is 0 Å². The van der Waals surface area contributed by atoms with Crippen molar-refractivity contribution in [3.8, 4) is 0 Å². The highest BCUT2D eigenvalue weighted by molar-refractivity contribution is 5.79. The fraction of sp³-hybridized carbons (Fsp3) is 0.667. The molecule has 1 aromatic heterocycles. The molecule has 0 bridgehead atoms. The summed E-state index contributed by atoms with van der Waals surface area (Å²) < 4.78 is 0. The lowest BCUT2D eigenvalue weighted by molar-refractivity contribution is -0.120. The molecule has 1 N–H and O–H groups in total. The fourth-order valence-electron chi connectivity index (χ4n) is 2.27. The van der Waals surface area contributed by atoms with Gasteiger partial charge < -0.3 is 4.98 Å². The maximum absolute atomic E-state index is 11.1. The summed E-state index contributed by atoms with van der Waals surface area (Å²) in [5.74, 6) is 1.98. The number of rotatable bonds is 2. The van der Waals surface area contributed by atoms with E-state index in [1.807, 2.05) is 0 Å². The first-order chi connectivity index (χ1) is 7.20. The topological polar surface area (TPSA) is 45.8 Å². The first-order valence-electron chi connectivity index (χ1n) is 5.77. The Morgan fingerprint density at radius 3 is 2.60 bits per heavy atom. The van der Waals surface area contributed by atoms with Gasteiger partial charge in [-0.25, -0.2) is 4.98 Å². The molecule has 15 heavy (non-hydrogen) atoms. The summed E-state index contributed by atoms with van der Waals surface area (Å²) in [6, 6.07) is 0. The normalized spacial score (nSPS) is 18.4. The average Bonchev–Trinajstić information content (AvgIpc) is 2.61. The van der Waals surface area contributed by atoms with Crippen LogP contribution in [0.5, 0.6) is 0 Å². The van der Waals surface area contributed by atoms with Crippen LogP contribution in [-0.2, 0) is 11.2 Å². The fourth-order valence-corrected chi connectivity index (χ4v) is 2.27. The number of nitrogens with zero attached hydrogens (tertiary/aromatic N) is 1. The predicted octanol–water partition coefficient (Wildman–Crippen LogP) is 2.51. The molecular formula is C12H18N2O. The van der Waals surface area contributed by atoms with Crippen LogP contribution in [0.3, 0.4) is 0 Å². The highest BCUT2D eigenvalue weighted by atomic mass is 16.1. The molecule has 3 heteroatoms. The molecule has 0 amide bonds. The zero-order chi connectivity index (χ0) is 10.8. The number of aromatic nitrogens is 2. The number of H-pyrrole nitrogens is 1. The summed E-state index contributed by atoms with van der Waals surface area (Å²) in [6.45, 7) is 4.20. The molecule has 0 aromatic carbocycles. The lowest BCUT2D eigenvalue weighted by Gasteiger charge is -2.18. The number of ketones is 1. The molecule has 0 spiro atoms. The second-order valence-electron chi connectivity index (χ2n) is 4.36. The molecule has 1 aliphatic rings. The Balaban J connectivity index is 2.12. The number of hydrogen-bond acceptors (Lipinski definition) is 2. The molecule has 1 aromatic rings. The van der Waals surface area contributed by atoms with Crippen molar-refractivity contribution in [2.75, 3.05) is 0 Å². The van der Waals surface area contributed by atoms with Crippen molar-refractivity contribution < 1.29 is 4.79 Å².